The average Bonchev–Trinajstić information content (AvgIpc) is 2.08. The molecule has 2 unspecified atom stereocenters. The van der Waals surface area contributed by atoms with Crippen LogP contribution in [0, 0.1) is 11.3 Å². The first-order chi connectivity index (χ1) is 6.70. The molecule has 0 saturated heterocycles. The Bertz CT molecular complexity index is 289. The molecular weight excluding hydrogens is 192 g/mol. The van der Waals surface area contributed by atoms with Crippen molar-refractivity contribution in [1.29, 1.82) is 0 Å². The van der Waals surface area contributed by atoms with E-state index in [1.807, 2.05) is 13.8 Å². The number of hydrogen-bond acceptors (Lipinski definition) is 3. The Balaban J connectivity index is 3.00. The lowest BCUT2D eigenvalue weighted by Crippen LogP contribution is -2.53. The van der Waals surface area contributed by atoms with Gasteiger partial charge in [-0.05, 0) is 26.2 Å². The van der Waals surface area contributed by atoms with Crippen LogP contribution in [0.5, 0.6) is 0 Å². The molecular formula is C12H20O3. The minimum absolute atomic E-state index is 0.333. The molecule has 0 amide bonds. The second-order valence-electron chi connectivity index (χ2n) is 5.36. The predicted molar refractivity (Wildman–Crippen MR) is 57.4 cm³/mol. The van der Waals surface area contributed by atoms with Crippen LogP contribution in [-0.4, -0.2) is 22.3 Å². The third kappa shape index (κ3) is 1.98. The van der Waals surface area contributed by atoms with Gasteiger partial charge in [-0.3, -0.25) is 9.59 Å². The number of carbonyl (C=O) groups is 2. The van der Waals surface area contributed by atoms with E-state index in [1.165, 1.54) is 6.92 Å². The lowest BCUT2D eigenvalue weighted by Gasteiger charge is -2.48. The number of rotatable bonds is 2. The Morgan fingerprint density at radius 2 is 1.80 bits per heavy atom. The summed E-state index contributed by atoms with van der Waals surface area (Å²) in [5.41, 5.74) is -1.38. The van der Waals surface area contributed by atoms with Crippen molar-refractivity contribution < 1.29 is 14.7 Å². The van der Waals surface area contributed by atoms with Crippen LogP contribution in [0.2, 0.25) is 0 Å². The van der Waals surface area contributed by atoms with Crippen LogP contribution < -0.4 is 0 Å². The number of Topliss-reactive ketones (excluding diaryl/α,β-unsaturated/α-hetero) is 2. The zero-order valence-corrected chi connectivity index (χ0v) is 9.96. The Morgan fingerprint density at radius 3 is 2.27 bits per heavy atom. The van der Waals surface area contributed by atoms with Gasteiger partial charge in [-0.1, -0.05) is 13.8 Å². The highest BCUT2D eigenvalue weighted by Crippen LogP contribution is 2.47. The monoisotopic (exact) mass is 212 g/mol. The lowest BCUT2D eigenvalue weighted by atomic mass is 9.58. The third-order valence-corrected chi connectivity index (χ3v) is 4.08. The summed E-state index contributed by atoms with van der Waals surface area (Å²) in [7, 11) is 0. The molecule has 0 aromatic rings. The van der Waals surface area contributed by atoms with Crippen molar-refractivity contribution in [3.8, 4) is 0 Å². The molecule has 0 aromatic heterocycles. The highest BCUT2D eigenvalue weighted by Gasteiger charge is 2.50. The van der Waals surface area contributed by atoms with Gasteiger partial charge in [0.25, 0.3) is 0 Å². The standard InChI is InChI=1S/C12H20O3/c1-8(13)10(14)9-6-5-7-12(4,15)11(9,2)3/h9,15H,5-7H2,1-4H3. The maximum absolute atomic E-state index is 11.7. The van der Waals surface area contributed by atoms with Gasteiger partial charge in [0.2, 0.25) is 5.78 Å². The molecule has 0 bridgehead atoms. The van der Waals surface area contributed by atoms with Crippen molar-refractivity contribution in [1.82, 2.24) is 0 Å². The van der Waals surface area contributed by atoms with Gasteiger partial charge < -0.3 is 5.11 Å². The highest BCUT2D eigenvalue weighted by atomic mass is 16.3. The molecule has 0 spiro atoms. The van der Waals surface area contributed by atoms with Crippen molar-refractivity contribution >= 4 is 11.6 Å². The van der Waals surface area contributed by atoms with E-state index in [0.29, 0.717) is 12.8 Å². The van der Waals surface area contributed by atoms with Gasteiger partial charge in [0.05, 0.1) is 5.60 Å². The first kappa shape index (κ1) is 12.4. The summed E-state index contributed by atoms with van der Waals surface area (Å²) in [5, 5.41) is 10.2. The Labute approximate surface area is 90.9 Å². The topological polar surface area (TPSA) is 54.4 Å². The van der Waals surface area contributed by atoms with E-state index >= 15 is 0 Å². The number of ketones is 2. The van der Waals surface area contributed by atoms with Crippen molar-refractivity contribution in [2.75, 3.05) is 0 Å². The van der Waals surface area contributed by atoms with Gasteiger partial charge in [-0.2, -0.15) is 0 Å². The van der Waals surface area contributed by atoms with E-state index in [0.717, 1.165) is 6.42 Å². The molecule has 1 N–H and O–H groups in total. The smallest absolute Gasteiger partial charge is 0.201 e. The average molecular weight is 212 g/mol. The van der Waals surface area contributed by atoms with E-state index in [9.17, 15) is 14.7 Å². The zero-order valence-electron chi connectivity index (χ0n) is 9.96. The molecule has 86 valence electrons. The third-order valence-electron chi connectivity index (χ3n) is 4.08. The molecule has 0 aliphatic heterocycles. The molecule has 3 heteroatoms. The van der Waals surface area contributed by atoms with E-state index in [2.05, 4.69) is 0 Å². The van der Waals surface area contributed by atoms with Gasteiger partial charge in [0.15, 0.2) is 5.78 Å². The summed E-state index contributed by atoms with van der Waals surface area (Å²) in [4.78, 5) is 22.9. The summed E-state index contributed by atoms with van der Waals surface area (Å²) in [6.45, 7) is 6.81. The molecule has 2 atom stereocenters. The lowest BCUT2D eigenvalue weighted by molar-refractivity contribution is -0.153. The summed E-state index contributed by atoms with van der Waals surface area (Å²) >= 11 is 0. The minimum Gasteiger partial charge on any atom is -0.390 e. The second kappa shape index (κ2) is 3.71. The number of carbonyl (C=O) groups excluding carboxylic acids is 2. The van der Waals surface area contributed by atoms with Crippen molar-refractivity contribution in [3.63, 3.8) is 0 Å². The van der Waals surface area contributed by atoms with Crippen LogP contribution in [0.4, 0.5) is 0 Å². The summed E-state index contributed by atoms with van der Waals surface area (Å²) in [6.07, 6.45) is 2.21. The van der Waals surface area contributed by atoms with Crippen LogP contribution in [0.15, 0.2) is 0 Å². The van der Waals surface area contributed by atoms with Crippen LogP contribution in [0.1, 0.15) is 47.0 Å². The van der Waals surface area contributed by atoms with Gasteiger partial charge in [-0.15, -0.1) is 0 Å². The first-order valence-corrected chi connectivity index (χ1v) is 5.47. The van der Waals surface area contributed by atoms with Crippen LogP contribution >= 0.6 is 0 Å². The van der Waals surface area contributed by atoms with Crippen molar-refractivity contribution in [3.05, 3.63) is 0 Å². The van der Waals surface area contributed by atoms with E-state index < -0.39 is 16.8 Å². The summed E-state index contributed by atoms with van der Waals surface area (Å²) < 4.78 is 0. The molecule has 1 aliphatic carbocycles. The van der Waals surface area contributed by atoms with Gasteiger partial charge in [0, 0.05) is 18.3 Å². The van der Waals surface area contributed by atoms with Crippen molar-refractivity contribution in [2.45, 2.75) is 52.6 Å². The zero-order chi connectivity index (χ0) is 11.9. The fourth-order valence-electron chi connectivity index (χ4n) is 2.41. The van der Waals surface area contributed by atoms with E-state index in [1.54, 1.807) is 6.92 Å². The molecule has 15 heavy (non-hydrogen) atoms. The Hall–Kier alpha value is -0.700. The highest BCUT2D eigenvalue weighted by molar-refractivity contribution is 6.37. The Kier molecular flexibility index (Phi) is 3.06. The van der Waals surface area contributed by atoms with Crippen LogP contribution in [0.25, 0.3) is 0 Å². The summed E-state index contributed by atoms with van der Waals surface area (Å²) in [6, 6.07) is 0. The van der Waals surface area contributed by atoms with E-state index in [-0.39, 0.29) is 11.7 Å². The fraction of sp³-hybridized carbons (Fsp3) is 0.833. The maximum Gasteiger partial charge on any atom is 0.201 e. The van der Waals surface area contributed by atoms with Gasteiger partial charge in [0.1, 0.15) is 0 Å². The molecule has 1 rings (SSSR count). The van der Waals surface area contributed by atoms with Gasteiger partial charge in [-0.25, -0.2) is 0 Å². The minimum atomic E-state index is -0.860. The number of hydrogen-bond donors (Lipinski definition) is 1. The second-order valence-corrected chi connectivity index (χ2v) is 5.36. The molecule has 1 saturated carbocycles. The molecule has 0 radical (unpaired) electrons. The number of aliphatic hydroxyl groups is 1. The molecule has 0 heterocycles. The van der Waals surface area contributed by atoms with E-state index in [4.69, 9.17) is 0 Å². The largest absolute Gasteiger partial charge is 0.390 e. The molecule has 3 nitrogen and oxygen atoms in total. The molecule has 0 aromatic carbocycles. The quantitative estimate of drug-likeness (QED) is 0.709. The van der Waals surface area contributed by atoms with Crippen LogP contribution in [0.3, 0.4) is 0 Å². The van der Waals surface area contributed by atoms with Gasteiger partial charge >= 0.3 is 0 Å². The SMILES string of the molecule is CC(=O)C(=O)C1CCCC(C)(O)C1(C)C. The Morgan fingerprint density at radius 1 is 1.27 bits per heavy atom. The van der Waals surface area contributed by atoms with Crippen LogP contribution in [-0.2, 0) is 9.59 Å². The normalized spacial score (nSPS) is 34.9. The molecule has 1 fully saturated rings. The molecule has 1 aliphatic rings. The first-order valence-electron chi connectivity index (χ1n) is 5.47. The van der Waals surface area contributed by atoms with Crippen molar-refractivity contribution in [2.24, 2.45) is 11.3 Å². The maximum atomic E-state index is 11.7. The predicted octanol–water partition coefficient (Wildman–Crippen LogP) is 1.72. The summed E-state index contributed by atoms with van der Waals surface area (Å²) in [5.74, 6) is -1.07. The fourth-order valence-corrected chi connectivity index (χ4v) is 2.41.